The molecule has 1 amide bonds. The van der Waals surface area contributed by atoms with Gasteiger partial charge in [-0.3, -0.25) is 19.5 Å². The zero-order chi connectivity index (χ0) is 25.6. The van der Waals surface area contributed by atoms with E-state index in [-0.39, 0.29) is 22.0 Å². The van der Waals surface area contributed by atoms with E-state index in [0.29, 0.717) is 32.7 Å². The van der Waals surface area contributed by atoms with E-state index in [1.54, 1.807) is 49.5 Å². The number of amides is 1. The summed E-state index contributed by atoms with van der Waals surface area (Å²) in [5, 5.41) is 20.8. The van der Waals surface area contributed by atoms with Gasteiger partial charge in [-0.05, 0) is 60.5 Å². The molecular weight excluding hydrogens is 482 g/mol. The fraction of sp³-hybridized carbons (Fsp3) is 0.115. The smallest absolute Gasteiger partial charge is 0.335 e. The van der Waals surface area contributed by atoms with Gasteiger partial charge >= 0.3 is 11.9 Å². The summed E-state index contributed by atoms with van der Waals surface area (Å²) in [6, 6.07) is 11.8. The topological polar surface area (TPSA) is 130 Å². The van der Waals surface area contributed by atoms with Gasteiger partial charge in [-0.1, -0.05) is 17.4 Å². The highest BCUT2D eigenvalue weighted by molar-refractivity contribution is 7.22. The number of carbonyl (C=O) groups is 3. The largest absolute Gasteiger partial charge is 0.507 e. The second-order valence-corrected chi connectivity index (χ2v) is 9.13. The Balaban J connectivity index is 1.71. The Kier molecular flexibility index (Phi) is 5.73. The van der Waals surface area contributed by atoms with E-state index in [0.717, 1.165) is 11.3 Å². The number of nitrogens with zero attached hydrogens (tertiary/aromatic N) is 3. The van der Waals surface area contributed by atoms with Crippen LogP contribution in [-0.2, 0) is 9.59 Å². The summed E-state index contributed by atoms with van der Waals surface area (Å²) in [5.41, 5.74) is 2.03. The maximum atomic E-state index is 13.3. The molecular formula is C26H19N3O6S. The lowest BCUT2D eigenvalue weighted by Gasteiger charge is -2.22. The summed E-state index contributed by atoms with van der Waals surface area (Å²) in [4.78, 5) is 47.9. The first-order valence-electron chi connectivity index (χ1n) is 10.8. The van der Waals surface area contributed by atoms with Crippen LogP contribution in [0.3, 0.4) is 0 Å². The molecule has 1 atom stereocenters. The second-order valence-electron chi connectivity index (χ2n) is 8.12. The van der Waals surface area contributed by atoms with Gasteiger partial charge in [0.2, 0.25) is 0 Å². The molecule has 2 aromatic carbocycles. The Morgan fingerprint density at radius 1 is 1.11 bits per heavy atom. The van der Waals surface area contributed by atoms with E-state index in [1.165, 1.54) is 30.3 Å². The number of aryl methyl sites for hydroxylation is 1. The van der Waals surface area contributed by atoms with Crippen LogP contribution in [0.15, 0.2) is 66.5 Å². The Morgan fingerprint density at radius 2 is 1.92 bits per heavy atom. The number of thiazole rings is 1. The number of aliphatic hydroxyl groups excluding tert-OH is 1. The quantitative estimate of drug-likeness (QED) is 0.235. The summed E-state index contributed by atoms with van der Waals surface area (Å²) in [7, 11) is 1.53. The first kappa shape index (κ1) is 23.2. The van der Waals surface area contributed by atoms with Gasteiger partial charge in [0.05, 0.1) is 34.5 Å². The molecule has 1 aliphatic heterocycles. The van der Waals surface area contributed by atoms with Gasteiger partial charge in [0, 0.05) is 18.0 Å². The van der Waals surface area contributed by atoms with Gasteiger partial charge in [-0.15, -0.1) is 0 Å². The van der Waals surface area contributed by atoms with Crippen molar-refractivity contribution in [3.63, 3.8) is 0 Å². The first-order valence-corrected chi connectivity index (χ1v) is 11.6. The van der Waals surface area contributed by atoms with Crippen LogP contribution in [0.5, 0.6) is 5.75 Å². The van der Waals surface area contributed by atoms with Crippen molar-refractivity contribution in [2.45, 2.75) is 13.0 Å². The highest BCUT2D eigenvalue weighted by atomic mass is 32.1. The van der Waals surface area contributed by atoms with Gasteiger partial charge < -0.3 is 14.9 Å². The van der Waals surface area contributed by atoms with Crippen molar-refractivity contribution in [1.29, 1.82) is 0 Å². The fourth-order valence-electron chi connectivity index (χ4n) is 4.21. The minimum Gasteiger partial charge on any atom is -0.507 e. The third-order valence-corrected chi connectivity index (χ3v) is 6.98. The number of methoxy groups -OCH3 is 1. The van der Waals surface area contributed by atoms with Crippen LogP contribution in [-0.4, -0.2) is 45.0 Å². The molecule has 0 spiro atoms. The number of Topliss-reactive ketones (excluding diaryl/α,β-unsaturated/α-hetero) is 1. The number of hydrogen-bond acceptors (Lipinski definition) is 8. The minimum atomic E-state index is -1.09. The lowest BCUT2D eigenvalue weighted by atomic mass is 9.95. The van der Waals surface area contributed by atoms with Crippen LogP contribution in [0.1, 0.15) is 33.1 Å². The van der Waals surface area contributed by atoms with Crippen molar-refractivity contribution in [1.82, 2.24) is 9.97 Å². The number of carboxylic acid groups (broad SMARTS) is 1. The molecule has 4 aromatic rings. The number of benzene rings is 2. The molecule has 36 heavy (non-hydrogen) atoms. The van der Waals surface area contributed by atoms with E-state index in [1.807, 2.05) is 0 Å². The van der Waals surface area contributed by atoms with Gasteiger partial charge in [-0.25, -0.2) is 9.78 Å². The summed E-state index contributed by atoms with van der Waals surface area (Å²) < 4.78 is 5.78. The fourth-order valence-corrected chi connectivity index (χ4v) is 5.24. The number of rotatable bonds is 5. The number of aliphatic hydroxyl groups is 1. The molecule has 1 fully saturated rings. The number of pyridine rings is 1. The second kappa shape index (κ2) is 8.90. The monoisotopic (exact) mass is 501 g/mol. The molecule has 0 saturated carbocycles. The lowest BCUT2D eigenvalue weighted by molar-refractivity contribution is -0.132. The van der Waals surface area contributed by atoms with Crippen LogP contribution in [0.2, 0.25) is 0 Å². The first-order chi connectivity index (χ1) is 17.3. The van der Waals surface area contributed by atoms with Crippen LogP contribution < -0.4 is 9.64 Å². The zero-order valence-electron chi connectivity index (χ0n) is 19.1. The maximum Gasteiger partial charge on any atom is 0.335 e. The number of carbonyl (C=O) groups excluding carboxylic acids is 2. The molecule has 9 nitrogen and oxygen atoms in total. The van der Waals surface area contributed by atoms with Crippen LogP contribution >= 0.6 is 11.3 Å². The molecule has 1 unspecified atom stereocenters. The summed E-state index contributed by atoms with van der Waals surface area (Å²) >= 11 is 1.09. The molecule has 1 aliphatic rings. The molecule has 180 valence electrons. The molecule has 0 aliphatic carbocycles. The van der Waals surface area contributed by atoms with Crippen molar-refractivity contribution in [2.75, 3.05) is 12.0 Å². The van der Waals surface area contributed by atoms with Gasteiger partial charge in [0.25, 0.3) is 5.78 Å². The average Bonchev–Trinajstić information content (AvgIpc) is 3.41. The van der Waals surface area contributed by atoms with Crippen LogP contribution in [0.4, 0.5) is 5.13 Å². The van der Waals surface area contributed by atoms with Gasteiger partial charge in [-0.2, -0.15) is 0 Å². The van der Waals surface area contributed by atoms with E-state index >= 15 is 0 Å². The lowest BCUT2D eigenvalue weighted by Crippen LogP contribution is -2.29. The van der Waals surface area contributed by atoms with E-state index in [2.05, 4.69) is 9.97 Å². The van der Waals surface area contributed by atoms with E-state index in [9.17, 15) is 24.6 Å². The number of carboxylic acids is 1. The van der Waals surface area contributed by atoms with E-state index in [4.69, 9.17) is 4.74 Å². The summed E-state index contributed by atoms with van der Waals surface area (Å²) in [6.07, 6.45) is 3.09. The third-order valence-electron chi connectivity index (χ3n) is 5.96. The Labute approximate surface area is 208 Å². The SMILES string of the molecule is COc1ccc(/C(O)=C2\C(=O)C(=O)N(c3nc4ccc(C(=O)O)cc4s3)C2c2cccnc2)c(C)c1. The van der Waals surface area contributed by atoms with Crippen molar-refractivity contribution in [2.24, 2.45) is 0 Å². The highest BCUT2D eigenvalue weighted by Gasteiger charge is 2.48. The Morgan fingerprint density at radius 3 is 2.58 bits per heavy atom. The predicted octanol–water partition coefficient (Wildman–Crippen LogP) is 4.33. The molecule has 5 rings (SSSR count). The van der Waals surface area contributed by atoms with Crippen LogP contribution in [0.25, 0.3) is 16.0 Å². The molecule has 10 heteroatoms. The Bertz CT molecular complexity index is 1580. The molecule has 3 heterocycles. The van der Waals surface area contributed by atoms with Gasteiger partial charge in [0.1, 0.15) is 11.5 Å². The minimum absolute atomic E-state index is 0.0820. The Hall–Kier alpha value is -4.57. The zero-order valence-corrected chi connectivity index (χ0v) is 19.9. The van der Waals surface area contributed by atoms with Crippen molar-refractivity contribution < 1.29 is 29.3 Å². The predicted molar refractivity (Wildman–Crippen MR) is 133 cm³/mol. The highest BCUT2D eigenvalue weighted by Crippen LogP contribution is 2.44. The summed E-state index contributed by atoms with van der Waals surface area (Å²) in [5.74, 6) is -2.53. The molecule has 2 N–H and O–H groups in total. The average molecular weight is 502 g/mol. The number of anilines is 1. The maximum absolute atomic E-state index is 13.3. The number of ether oxygens (including phenoxy) is 1. The van der Waals surface area contributed by atoms with Crippen molar-refractivity contribution >= 4 is 50.1 Å². The number of ketones is 1. The molecule has 0 bridgehead atoms. The number of fused-ring (bicyclic) bond motifs is 1. The standard InChI is InChI=1S/C26H19N3O6S/c1-13-10-16(35-2)6-7-17(13)22(30)20-21(15-4-3-9-27-12-15)29(24(32)23(20)31)26-28-18-8-5-14(25(33)34)11-19(18)36-26/h3-12,21,30H,1-2H3,(H,33,34)/b22-20+. The van der Waals surface area contributed by atoms with Crippen molar-refractivity contribution in [3.8, 4) is 5.75 Å². The molecule has 0 radical (unpaired) electrons. The molecule has 2 aromatic heterocycles. The number of hydrogen-bond donors (Lipinski definition) is 2. The third kappa shape index (κ3) is 3.77. The van der Waals surface area contributed by atoms with E-state index < -0.39 is 23.7 Å². The summed E-state index contributed by atoms with van der Waals surface area (Å²) in [6.45, 7) is 1.76. The normalized spacial score (nSPS) is 17.1. The van der Waals surface area contributed by atoms with Gasteiger partial charge in [0.15, 0.2) is 5.13 Å². The number of aromatic carboxylic acids is 1. The van der Waals surface area contributed by atoms with Crippen LogP contribution in [0, 0.1) is 6.92 Å². The van der Waals surface area contributed by atoms with Crippen molar-refractivity contribution in [3.05, 3.63) is 88.8 Å². The molecule has 1 saturated heterocycles. The number of aromatic nitrogens is 2.